The van der Waals surface area contributed by atoms with Gasteiger partial charge in [-0.15, -0.1) is 0 Å². The first-order valence-corrected chi connectivity index (χ1v) is 6.68. The molecule has 0 bridgehead atoms. The molecule has 0 heterocycles. The van der Waals surface area contributed by atoms with Crippen LogP contribution in [0.15, 0.2) is 12.1 Å². The van der Waals surface area contributed by atoms with Crippen LogP contribution in [0.5, 0.6) is 17.2 Å². The maximum absolute atomic E-state index is 5.40. The van der Waals surface area contributed by atoms with E-state index in [4.69, 9.17) is 14.2 Å². The minimum Gasteiger partial charge on any atom is -0.496 e. The van der Waals surface area contributed by atoms with Crippen molar-refractivity contribution < 1.29 is 14.2 Å². The molecule has 0 amide bonds. The van der Waals surface area contributed by atoms with Crippen molar-refractivity contribution in [1.82, 2.24) is 5.32 Å². The van der Waals surface area contributed by atoms with Crippen molar-refractivity contribution in [3.63, 3.8) is 0 Å². The average molecular weight is 267 g/mol. The predicted molar refractivity (Wildman–Crippen MR) is 77.3 cm³/mol. The van der Waals surface area contributed by atoms with Crippen LogP contribution >= 0.6 is 0 Å². The summed E-state index contributed by atoms with van der Waals surface area (Å²) in [5.41, 5.74) is 1.07. The molecule has 1 atom stereocenters. The van der Waals surface area contributed by atoms with Crippen molar-refractivity contribution in [3.8, 4) is 17.2 Å². The third-order valence-corrected chi connectivity index (χ3v) is 3.15. The minimum absolute atomic E-state index is 0.489. The molecule has 4 heteroatoms. The van der Waals surface area contributed by atoms with Crippen LogP contribution in [0.4, 0.5) is 0 Å². The lowest BCUT2D eigenvalue weighted by Gasteiger charge is -2.17. The van der Waals surface area contributed by atoms with E-state index in [1.54, 1.807) is 21.3 Å². The molecule has 0 saturated heterocycles. The Balaban J connectivity index is 2.86. The molecule has 0 spiro atoms. The van der Waals surface area contributed by atoms with Crippen LogP contribution in [0.25, 0.3) is 0 Å². The summed E-state index contributed by atoms with van der Waals surface area (Å²) in [7, 11) is 4.93. The highest BCUT2D eigenvalue weighted by Crippen LogP contribution is 2.34. The smallest absolute Gasteiger partial charge is 0.164 e. The first-order chi connectivity index (χ1) is 9.15. The van der Waals surface area contributed by atoms with Crippen LogP contribution in [-0.4, -0.2) is 27.4 Å². The standard InChI is InChI=1S/C15H25NO3/c1-6-7-11(2)16-10-12-8-14(18-4)15(19-5)9-13(12)17-3/h8-9,11,16H,6-7,10H2,1-5H3. The van der Waals surface area contributed by atoms with Gasteiger partial charge < -0.3 is 19.5 Å². The van der Waals surface area contributed by atoms with Crippen molar-refractivity contribution in [2.45, 2.75) is 39.3 Å². The Bertz CT molecular complexity index is 393. The summed E-state index contributed by atoms with van der Waals surface area (Å²) in [6, 6.07) is 4.31. The molecule has 0 fully saturated rings. The quantitative estimate of drug-likeness (QED) is 0.786. The molecule has 0 aromatic heterocycles. The molecule has 0 radical (unpaired) electrons. The molecule has 108 valence electrons. The third-order valence-electron chi connectivity index (χ3n) is 3.15. The first-order valence-electron chi connectivity index (χ1n) is 6.68. The maximum Gasteiger partial charge on any atom is 0.164 e. The lowest BCUT2D eigenvalue weighted by atomic mass is 10.1. The highest BCUT2D eigenvalue weighted by Gasteiger charge is 2.12. The molecule has 4 nitrogen and oxygen atoms in total. The normalized spacial score (nSPS) is 12.1. The Kier molecular flexibility index (Phi) is 6.50. The van der Waals surface area contributed by atoms with Gasteiger partial charge in [0.25, 0.3) is 0 Å². The summed E-state index contributed by atoms with van der Waals surface area (Å²) in [5.74, 6) is 2.22. The van der Waals surface area contributed by atoms with Gasteiger partial charge in [-0.1, -0.05) is 13.3 Å². The van der Waals surface area contributed by atoms with E-state index in [0.29, 0.717) is 11.8 Å². The van der Waals surface area contributed by atoms with Gasteiger partial charge in [0.15, 0.2) is 11.5 Å². The number of benzene rings is 1. The van der Waals surface area contributed by atoms with E-state index >= 15 is 0 Å². The van der Waals surface area contributed by atoms with Crippen molar-refractivity contribution in [3.05, 3.63) is 17.7 Å². The van der Waals surface area contributed by atoms with Gasteiger partial charge in [-0.2, -0.15) is 0 Å². The van der Waals surface area contributed by atoms with Crippen LogP contribution in [0.1, 0.15) is 32.3 Å². The summed E-state index contributed by atoms with van der Waals surface area (Å²) >= 11 is 0. The Hall–Kier alpha value is -1.42. The summed E-state index contributed by atoms with van der Waals surface area (Å²) in [4.78, 5) is 0. The number of hydrogen-bond donors (Lipinski definition) is 1. The topological polar surface area (TPSA) is 39.7 Å². The highest BCUT2D eigenvalue weighted by atomic mass is 16.5. The first kappa shape index (κ1) is 15.6. The van der Waals surface area contributed by atoms with Crippen LogP contribution in [-0.2, 0) is 6.54 Å². The van der Waals surface area contributed by atoms with Crippen LogP contribution in [0.2, 0.25) is 0 Å². The second kappa shape index (κ2) is 7.89. The van der Waals surface area contributed by atoms with Crippen LogP contribution in [0.3, 0.4) is 0 Å². The highest BCUT2D eigenvalue weighted by molar-refractivity contribution is 5.50. The summed E-state index contributed by atoms with van der Waals surface area (Å²) in [6.07, 6.45) is 2.34. The van der Waals surface area contributed by atoms with Gasteiger partial charge in [-0.05, 0) is 19.4 Å². The van der Waals surface area contributed by atoms with Crippen molar-refractivity contribution >= 4 is 0 Å². The fourth-order valence-corrected chi connectivity index (χ4v) is 2.05. The molecule has 0 aliphatic rings. The lowest BCUT2D eigenvalue weighted by molar-refractivity contribution is 0.346. The van der Waals surface area contributed by atoms with Crippen LogP contribution < -0.4 is 19.5 Å². The molecule has 19 heavy (non-hydrogen) atoms. The zero-order valence-electron chi connectivity index (χ0n) is 12.6. The van der Waals surface area contributed by atoms with Gasteiger partial charge in [-0.25, -0.2) is 0 Å². The van der Waals surface area contributed by atoms with Gasteiger partial charge in [0.1, 0.15) is 5.75 Å². The average Bonchev–Trinajstić information content (AvgIpc) is 2.44. The van der Waals surface area contributed by atoms with Crippen molar-refractivity contribution in [2.75, 3.05) is 21.3 Å². The van der Waals surface area contributed by atoms with E-state index < -0.39 is 0 Å². The molecular formula is C15H25NO3. The van der Waals surface area contributed by atoms with E-state index in [1.807, 2.05) is 12.1 Å². The van der Waals surface area contributed by atoms with E-state index in [9.17, 15) is 0 Å². The Morgan fingerprint density at radius 3 is 2.11 bits per heavy atom. The summed E-state index contributed by atoms with van der Waals surface area (Å²) in [5, 5.41) is 3.49. The van der Waals surface area contributed by atoms with Gasteiger partial charge in [0.05, 0.1) is 21.3 Å². The summed E-state index contributed by atoms with van der Waals surface area (Å²) in [6.45, 7) is 5.14. The minimum atomic E-state index is 0.489. The van der Waals surface area contributed by atoms with Gasteiger partial charge in [-0.3, -0.25) is 0 Å². The number of ether oxygens (including phenoxy) is 3. The zero-order valence-corrected chi connectivity index (χ0v) is 12.6. The van der Waals surface area contributed by atoms with Crippen molar-refractivity contribution in [2.24, 2.45) is 0 Å². The molecule has 1 unspecified atom stereocenters. The molecule has 0 aliphatic heterocycles. The van der Waals surface area contributed by atoms with E-state index in [-0.39, 0.29) is 0 Å². The fourth-order valence-electron chi connectivity index (χ4n) is 2.05. The van der Waals surface area contributed by atoms with E-state index in [2.05, 4.69) is 19.2 Å². The van der Waals surface area contributed by atoms with Gasteiger partial charge >= 0.3 is 0 Å². The van der Waals surface area contributed by atoms with Gasteiger partial charge in [0.2, 0.25) is 0 Å². The second-order valence-electron chi connectivity index (χ2n) is 4.59. The molecule has 1 N–H and O–H groups in total. The number of hydrogen-bond acceptors (Lipinski definition) is 4. The molecule has 1 aromatic rings. The Morgan fingerprint density at radius 2 is 1.58 bits per heavy atom. The van der Waals surface area contributed by atoms with Crippen molar-refractivity contribution in [1.29, 1.82) is 0 Å². The molecule has 1 aromatic carbocycles. The number of methoxy groups -OCH3 is 3. The van der Waals surface area contributed by atoms with E-state index in [1.165, 1.54) is 6.42 Å². The number of nitrogens with one attached hydrogen (secondary N) is 1. The Labute approximate surface area is 116 Å². The predicted octanol–water partition coefficient (Wildman–Crippen LogP) is 2.99. The largest absolute Gasteiger partial charge is 0.496 e. The van der Waals surface area contributed by atoms with Crippen LogP contribution in [0, 0.1) is 0 Å². The zero-order chi connectivity index (χ0) is 14.3. The lowest BCUT2D eigenvalue weighted by Crippen LogP contribution is -2.25. The third kappa shape index (κ3) is 4.31. The fraction of sp³-hybridized carbons (Fsp3) is 0.600. The number of rotatable bonds is 8. The van der Waals surface area contributed by atoms with Gasteiger partial charge in [0, 0.05) is 24.2 Å². The molecule has 0 aliphatic carbocycles. The second-order valence-corrected chi connectivity index (χ2v) is 4.59. The molecule has 0 saturated carbocycles. The molecular weight excluding hydrogens is 242 g/mol. The summed E-state index contributed by atoms with van der Waals surface area (Å²) < 4.78 is 16.0. The van der Waals surface area contributed by atoms with E-state index in [0.717, 1.165) is 30.0 Å². The SMILES string of the molecule is CCCC(C)NCc1cc(OC)c(OC)cc1OC. The maximum atomic E-state index is 5.40. The molecule has 1 rings (SSSR count). The Morgan fingerprint density at radius 1 is 1.00 bits per heavy atom. The monoisotopic (exact) mass is 267 g/mol.